The van der Waals surface area contributed by atoms with Gasteiger partial charge in [-0.2, -0.15) is 0 Å². The molecule has 0 aromatic heterocycles. The van der Waals surface area contributed by atoms with E-state index in [9.17, 15) is 0 Å². The van der Waals surface area contributed by atoms with Crippen molar-refractivity contribution in [2.24, 2.45) is 0 Å². The lowest BCUT2D eigenvalue weighted by atomic mass is 10.1. The van der Waals surface area contributed by atoms with Crippen LogP contribution in [0.15, 0.2) is 54.6 Å². The Morgan fingerprint density at radius 3 is 2.00 bits per heavy atom. The predicted octanol–water partition coefficient (Wildman–Crippen LogP) is 3.60. The minimum absolute atomic E-state index is 0.869. The maximum absolute atomic E-state index is 5.50. The van der Waals surface area contributed by atoms with Crippen molar-refractivity contribution in [2.75, 3.05) is 26.3 Å². The van der Waals surface area contributed by atoms with Crippen molar-refractivity contribution in [3.05, 3.63) is 65.7 Å². The third-order valence-electron chi connectivity index (χ3n) is 4.69. The van der Waals surface area contributed by atoms with Gasteiger partial charge in [-0.1, -0.05) is 79.8 Å². The maximum Gasteiger partial charge on any atom is 0.154 e. The first-order valence-electron chi connectivity index (χ1n) is 8.33. The van der Waals surface area contributed by atoms with Gasteiger partial charge in [0.25, 0.3) is 0 Å². The first-order chi connectivity index (χ1) is 11.2. The van der Waals surface area contributed by atoms with Crippen molar-refractivity contribution in [1.29, 1.82) is 0 Å². The van der Waals surface area contributed by atoms with Crippen LogP contribution in [0, 0.1) is 0 Å². The Morgan fingerprint density at radius 2 is 1.39 bits per heavy atom. The third kappa shape index (κ3) is 3.99. The Labute approximate surface area is 140 Å². The summed E-state index contributed by atoms with van der Waals surface area (Å²) < 4.78 is 8.14. The second-order valence-electron chi connectivity index (χ2n) is 6.52. The largest absolute Gasteiger partial charge is 0.379 e. The molecule has 1 aliphatic heterocycles. The quantitative estimate of drug-likeness (QED) is 0.630. The van der Waals surface area contributed by atoms with Crippen LogP contribution in [-0.4, -0.2) is 39.1 Å². The molecule has 0 saturated carbocycles. The zero-order valence-electron chi connectivity index (χ0n) is 14.0. The van der Waals surface area contributed by atoms with Gasteiger partial charge in [-0.15, -0.1) is 0 Å². The van der Waals surface area contributed by atoms with Gasteiger partial charge in [0.2, 0.25) is 0 Å². The molecule has 0 N–H and O–H groups in total. The highest BCUT2D eigenvalue weighted by atomic mass is 28.3. The van der Waals surface area contributed by atoms with Gasteiger partial charge in [-0.25, -0.2) is 0 Å². The number of rotatable bonds is 4. The Bertz CT molecular complexity index is 643. The normalized spacial score (nSPS) is 16.8. The van der Waals surface area contributed by atoms with Gasteiger partial charge < -0.3 is 9.30 Å². The van der Waals surface area contributed by atoms with E-state index in [2.05, 4.69) is 78.3 Å². The highest BCUT2D eigenvalue weighted by Crippen LogP contribution is 2.14. The fraction of sp³-hybridized carbons (Fsp3) is 0.300. The Kier molecular flexibility index (Phi) is 5.11. The molecule has 0 spiro atoms. The Balaban J connectivity index is 1.72. The highest BCUT2D eigenvalue weighted by molar-refractivity contribution is 6.87. The number of morpholine rings is 1. The molecule has 23 heavy (non-hydrogen) atoms. The van der Waals surface area contributed by atoms with Gasteiger partial charge in [0.1, 0.15) is 0 Å². The maximum atomic E-state index is 5.50. The monoisotopic (exact) mass is 323 g/mol. The molecule has 3 rings (SSSR count). The van der Waals surface area contributed by atoms with E-state index < -0.39 is 8.24 Å². The Morgan fingerprint density at radius 1 is 0.826 bits per heavy atom. The topological polar surface area (TPSA) is 12.5 Å². The summed E-state index contributed by atoms with van der Waals surface area (Å²) >= 11 is 0. The molecule has 0 radical (unpaired) electrons. The van der Waals surface area contributed by atoms with Crippen LogP contribution >= 0.6 is 0 Å². The molecular weight excluding hydrogens is 298 g/mol. The van der Waals surface area contributed by atoms with Gasteiger partial charge in [0.05, 0.1) is 13.2 Å². The second kappa shape index (κ2) is 7.26. The van der Waals surface area contributed by atoms with Crippen molar-refractivity contribution in [3.8, 4) is 0 Å². The Hall–Kier alpha value is -1.68. The number of nitrogens with zero attached hydrogens (tertiary/aromatic N) is 1. The van der Waals surface area contributed by atoms with Crippen LogP contribution in [0.1, 0.15) is 11.1 Å². The van der Waals surface area contributed by atoms with Crippen molar-refractivity contribution in [2.45, 2.75) is 13.1 Å². The summed E-state index contributed by atoms with van der Waals surface area (Å²) in [5.41, 5.74) is 2.49. The molecule has 120 valence electrons. The van der Waals surface area contributed by atoms with Gasteiger partial charge in [0.15, 0.2) is 8.24 Å². The lowest BCUT2D eigenvalue weighted by Gasteiger charge is -2.39. The number of hydrogen-bond acceptors (Lipinski definition) is 2. The molecule has 3 heteroatoms. The summed E-state index contributed by atoms with van der Waals surface area (Å²) in [4.78, 5) is 0. The first kappa shape index (κ1) is 16.2. The summed E-state index contributed by atoms with van der Waals surface area (Å²) in [6.45, 7) is 8.74. The molecule has 0 atom stereocenters. The fourth-order valence-corrected chi connectivity index (χ4v) is 5.71. The third-order valence-corrected chi connectivity index (χ3v) is 8.46. The lowest BCUT2D eigenvalue weighted by molar-refractivity contribution is 0.0698. The smallest absolute Gasteiger partial charge is 0.154 e. The van der Waals surface area contributed by atoms with E-state index in [0.29, 0.717) is 0 Å². The standard InChI is InChI=1S/C20H25NOSi/c1-23(2,21-14-16-22-17-15-21)20-12-10-19(11-13-20)9-8-18-6-4-3-5-7-18/h3-13H,14-17H2,1-2H3. The van der Waals surface area contributed by atoms with E-state index in [1.54, 1.807) is 0 Å². The molecular formula is C20H25NOSi. The lowest BCUT2D eigenvalue weighted by Crippen LogP contribution is -2.60. The first-order valence-corrected chi connectivity index (χ1v) is 11.3. The van der Waals surface area contributed by atoms with E-state index in [4.69, 9.17) is 4.74 Å². The van der Waals surface area contributed by atoms with E-state index >= 15 is 0 Å². The van der Waals surface area contributed by atoms with Gasteiger partial charge in [-0.05, 0) is 16.3 Å². The summed E-state index contributed by atoms with van der Waals surface area (Å²) in [6.07, 6.45) is 4.35. The summed E-state index contributed by atoms with van der Waals surface area (Å²) in [5.74, 6) is 0. The molecule has 2 aromatic rings. The van der Waals surface area contributed by atoms with Crippen molar-refractivity contribution in [3.63, 3.8) is 0 Å². The molecule has 1 heterocycles. The average Bonchev–Trinajstić information content (AvgIpc) is 2.62. The minimum atomic E-state index is -1.56. The summed E-state index contributed by atoms with van der Waals surface area (Å²) in [5, 5.41) is 1.50. The minimum Gasteiger partial charge on any atom is -0.379 e. The zero-order chi connectivity index (χ0) is 16.1. The van der Waals surface area contributed by atoms with Crippen LogP contribution in [-0.2, 0) is 4.74 Å². The molecule has 1 saturated heterocycles. The van der Waals surface area contributed by atoms with Crippen LogP contribution < -0.4 is 5.19 Å². The molecule has 1 aliphatic rings. The fourth-order valence-electron chi connectivity index (χ4n) is 3.06. The van der Waals surface area contributed by atoms with Crippen LogP contribution in [0.2, 0.25) is 13.1 Å². The molecule has 2 nitrogen and oxygen atoms in total. The van der Waals surface area contributed by atoms with Crippen molar-refractivity contribution >= 4 is 25.6 Å². The van der Waals surface area contributed by atoms with Crippen LogP contribution in [0.3, 0.4) is 0 Å². The van der Waals surface area contributed by atoms with E-state index in [-0.39, 0.29) is 0 Å². The molecule has 0 amide bonds. The molecule has 1 fully saturated rings. The van der Waals surface area contributed by atoms with Gasteiger partial charge >= 0.3 is 0 Å². The number of hydrogen-bond donors (Lipinski definition) is 0. The second-order valence-corrected chi connectivity index (χ2v) is 10.9. The van der Waals surface area contributed by atoms with Crippen LogP contribution in [0.4, 0.5) is 0 Å². The zero-order valence-corrected chi connectivity index (χ0v) is 15.0. The van der Waals surface area contributed by atoms with Gasteiger partial charge in [-0.3, -0.25) is 0 Å². The van der Waals surface area contributed by atoms with Crippen molar-refractivity contribution in [1.82, 2.24) is 4.57 Å². The predicted molar refractivity (Wildman–Crippen MR) is 101 cm³/mol. The number of benzene rings is 2. The molecule has 0 bridgehead atoms. The van der Waals surface area contributed by atoms with Gasteiger partial charge in [0, 0.05) is 13.1 Å². The van der Waals surface area contributed by atoms with Crippen molar-refractivity contribution < 1.29 is 4.74 Å². The van der Waals surface area contributed by atoms with E-state index in [0.717, 1.165) is 26.3 Å². The van der Waals surface area contributed by atoms with Crippen LogP contribution in [0.5, 0.6) is 0 Å². The number of ether oxygens (including phenoxy) is 1. The molecule has 2 aromatic carbocycles. The van der Waals surface area contributed by atoms with Crippen LogP contribution in [0.25, 0.3) is 12.2 Å². The molecule has 0 unspecified atom stereocenters. The molecule has 0 aliphatic carbocycles. The van der Waals surface area contributed by atoms with E-state index in [1.165, 1.54) is 16.3 Å². The highest BCUT2D eigenvalue weighted by Gasteiger charge is 2.32. The SMILES string of the molecule is C[Si](C)(c1ccc(C=Cc2ccccc2)cc1)N1CCOCC1. The van der Waals surface area contributed by atoms with E-state index in [1.807, 2.05) is 6.07 Å². The summed E-state index contributed by atoms with van der Waals surface area (Å²) in [6, 6.07) is 19.5. The average molecular weight is 324 g/mol. The summed E-state index contributed by atoms with van der Waals surface area (Å²) in [7, 11) is -1.56.